The molecule has 3 heterocycles. The number of nitrogens with one attached hydrogen (secondary N) is 1. The van der Waals surface area contributed by atoms with Crippen molar-refractivity contribution in [2.75, 3.05) is 12.4 Å². The molecule has 8 heteroatoms. The summed E-state index contributed by atoms with van der Waals surface area (Å²) in [5, 5.41) is 7.41. The van der Waals surface area contributed by atoms with Gasteiger partial charge in [0.05, 0.1) is 30.7 Å². The number of ether oxygens (including phenoxy) is 1. The standard InChI is InChI=1S/C18H19N5O3/c1-18(2,3)17-21-14(22-26-17)13-12-9-19-10-7-5-6-8-11(10)23(12)15(20-13)16(24)25-4/h5-8,19H,9H2,1-4H3. The fraction of sp³-hybridized carbons (Fsp3) is 0.333. The predicted octanol–water partition coefficient (Wildman–Crippen LogP) is 2.93. The van der Waals surface area contributed by atoms with Gasteiger partial charge in [0.2, 0.25) is 17.5 Å². The fourth-order valence-corrected chi connectivity index (χ4v) is 2.91. The van der Waals surface area contributed by atoms with Crippen LogP contribution in [-0.2, 0) is 16.7 Å². The maximum atomic E-state index is 12.3. The van der Waals surface area contributed by atoms with Crippen LogP contribution in [0.1, 0.15) is 43.0 Å². The summed E-state index contributed by atoms with van der Waals surface area (Å²) < 4.78 is 12.1. The topological polar surface area (TPSA) is 95.1 Å². The number of para-hydroxylation sites is 2. The van der Waals surface area contributed by atoms with Gasteiger partial charge >= 0.3 is 5.97 Å². The number of methoxy groups -OCH3 is 1. The number of carbonyl (C=O) groups is 1. The molecule has 0 unspecified atom stereocenters. The van der Waals surface area contributed by atoms with Crippen molar-refractivity contribution in [1.82, 2.24) is 19.7 Å². The fourth-order valence-electron chi connectivity index (χ4n) is 2.91. The Hall–Kier alpha value is -3.16. The molecule has 0 bridgehead atoms. The summed E-state index contributed by atoms with van der Waals surface area (Å²) in [5.74, 6) is 0.537. The van der Waals surface area contributed by atoms with Gasteiger partial charge < -0.3 is 14.6 Å². The first kappa shape index (κ1) is 16.3. The molecule has 0 fully saturated rings. The van der Waals surface area contributed by atoms with Gasteiger partial charge in [-0.2, -0.15) is 4.98 Å². The third kappa shape index (κ3) is 2.45. The predicted molar refractivity (Wildman–Crippen MR) is 94.2 cm³/mol. The highest BCUT2D eigenvalue weighted by atomic mass is 16.5. The number of benzene rings is 1. The van der Waals surface area contributed by atoms with E-state index in [9.17, 15) is 4.79 Å². The monoisotopic (exact) mass is 353 g/mol. The molecule has 0 spiro atoms. The second kappa shape index (κ2) is 5.69. The first-order valence-corrected chi connectivity index (χ1v) is 8.28. The number of rotatable bonds is 2. The van der Waals surface area contributed by atoms with Crippen LogP contribution in [0.25, 0.3) is 17.2 Å². The minimum Gasteiger partial charge on any atom is -0.463 e. The van der Waals surface area contributed by atoms with E-state index in [0.717, 1.165) is 17.1 Å². The van der Waals surface area contributed by atoms with Crippen molar-refractivity contribution in [2.24, 2.45) is 0 Å². The zero-order valence-corrected chi connectivity index (χ0v) is 15.0. The molecular formula is C18H19N5O3. The smallest absolute Gasteiger partial charge is 0.374 e. The van der Waals surface area contributed by atoms with E-state index < -0.39 is 5.97 Å². The highest BCUT2D eigenvalue weighted by Crippen LogP contribution is 2.34. The second-order valence-electron chi connectivity index (χ2n) is 7.10. The van der Waals surface area contributed by atoms with Gasteiger partial charge in [0.15, 0.2) is 0 Å². The van der Waals surface area contributed by atoms with Gasteiger partial charge in [-0.25, -0.2) is 9.78 Å². The molecule has 0 atom stereocenters. The van der Waals surface area contributed by atoms with Crippen molar-refractivity contribution in [3.63, 3.8) is 0 Å². The average molecular weight is 353 g/mol. The number of esters is 1. The lowest BCUT2D eigenvalue weighted by molar-refractivity contribution is 0.0584. The van der Waals surface area contributed by atoms with Crippen molar-refractivity contribution in [3.8, 4) is 17.2 Å². The summed E-state index contributed by atoms with van der Waals surface area (Å²) in [7, 11) is 1.34. The van der Waals surface area contributed by atoms with E-state index in [1.807, 2.05) is 45.0 Å². The molecule has 0 radical (unpaired) electrons. The number of hydrogen-bond acceptors (Lipinski definition) is 7. The van der Waals surface area contributed by atoms with Crippen molar-refractivity contribution in [3.05, 3.63) is 41.7 Å². The van der Waals surface area contributed by atoms with Gasteiger partial charge in [0, 0.05) is 5.41 Å². The van der Waals surface area contributed by atoms with Crippen LogP contribution in [0.5, 0.6) is 0 Å². The zero-order valence-electron chi connectivity index (χ0n) is 15.0. The van der Waals surface area contributed by atoms with Gasteiger partial charge in [0.1, 0.15) is 5.69 Å². The summed E-state index contributed by atoms with van der Waals surface area (Å²) in [6.07, 6.45) is 0. The molecule has 1 N–H and O–H groups in total. The lowest BCUT2D eigenvalue weighted by Gasteiger charge is -2.21. The van der Waals surface area contributed by atoms with E-state index in [-0.39, 0.29) is 11.2 Å². The maximum absolute atomic E-state index is 12.3. The Balaban J connectivity index is 1.93. The maximum Gasteiger partial charge on any atom is 0.374 e. The third-order valence-electron chi connectivity index (χ3n) is 4.21. The number of hydrogen-bond donors (Lipinski definition) is 1. The molecule has 1 aliphatic heterocycles. The van der Waals surface area contributed by atoms with Gasteiger partial charge in [-0.15, -0.1) is 0 Å². The van der Waals surface area contributed by atoms with Gasteiger partial charge in [0.25, 0.3) is 0 Å². The number of imidazole rings is 1. The molecule has 1 aromatic carbocycles. The molecule has 0 saturated heterocycles. The Bertz CT molecular complexity index is 997. The molecule has 0 saturated carbocycles. The number of anilines is 1. The molecule has 1 aliphatic rings. The molecular weight excluding hydrogens is 334 g/mol. The molecule has 26 heavy (non-hydrogen) atoms. The first-order valence-electron chi connectivity index (χ1n) is 8.28. The molecule has 8 nitrogen and oxygen atoms in total. The Labute approximate surface area is 150 Å². The molecule has 134 valence electrons. The minimum absolute atomic E-state index is 0.188. The van der Waals surface area contributed by atoms with E-state index in [4.69, 9.17) is 9.26 Å². The summed E-state index contributed by atoms with van der Waals surface area (Å²) in [5.41, 5.74) is 2.75. The van der Waals surface area contributed by atoms with Crippen molar-refractivity contribution in [1.29, 1.82) is 0 Å². The van der Waals surface area contributed by atoms with Crippen molar-refractivity contribution >= 4 is 11.7 Å². The second-order valence-corrected chi connectivity index (χ2v) is 7.10. The number of nitrogens with zero attached hydrogens (tertiary/aromatic N) is 4. The van der Waals surface area contributed by atoms with Gasteiger partial charge in [-0.3, -0.25) is 4.57 Å². The average Bonchev–Trinajstić information content (AvgIpc) is 3.25. The van der Waals surface area contributed by atoms with Gasteiger partial charge in [-0.1, -0.05) is 38.1 Å². The molecule has 4 rings (SSSR count). The van der Waals surface area contributed by atoms with E-state index in [0.29, 0.717) is 24.0 Å². The van der Waals surface area contributed by atoms with Crippen LogP contribution in [0.3, 0.4) is 0 Å². The Morgan fingerprint density at radius 2 is 2.04 bits per heavy atom. The first-order chi connectivity index (χ1) is 12.4. The largest absolute Gasteiger partial charge is 0.463 e. The third-order valence-corrected chi connectivity index (χ3v) is 4.21. The number of aromatic nitrogens is 4. The van der Waals surface area contributed by atoms with Crippen LogP contribution in [0, 0.1) is 0 Å². The van der Waals surface area contributed by atoms with Gasteiger partial charge in [-0.05, 0) is 12.1 Å². The van der Waals surface area contributed by atoms with E-state index in [2.05, 4.69) is 20.4 Å². The van der Waals surface area contributed by atoms with E-state index in [1.54, 1.807) is 4.57 Å². The lowest BCUT2D eigenvalue weighted by atomic mass is 9.97. The van der Waals surface area contributed by atoms with E-state index in [1.165, 1.54) is 7.11 Å². The Morgan fingerprint density at radius 3 is 2.73 bits per heavy atom. The summed E-state index contributed by atoms with van der Waals surface area (Å²) in [4.78, 5) is 21.3. The Morgan fingerprint density at radius 1 is 1.27 bits per heavy atom. The SMILES string of the molecule is COC(=O)c1nc(-c2noc(C(C)(C)C)n2)c2n1-c1ccccc1NC2. The quantitative estimate of drug-likeness (QED) is 0.708. The van der Waals surface area contributed by atoms with Crippen LogP contribution in [0.15, 0.2) is 28.8 Å². The van der Waals surface area contributed by atoms with Crippen molar-refractivity contribution < 1.29 is 14.1 Å². The summed E-state index contributed by atoms with van der Waals surface area (Å²) in [6, 6.07) is 7.70. The highest BCUT2D eigenvalue weighted by Gasteiger charge is 2.31. The Kier molecular flexibility index (Phi) is 3.57. The van der Waals surface area contributed by atoms with Crippen LogP contribution >= 0.6 is 0 Å². The highest BCUT2D eigenvalue weighted by molar-refractivity contribution is 5.89. The zero-order chi connectivity index (χ0) is 18.5. The normalized spacial score (nSPS) is 12.9. The van der Waals surface area contributed by atoms with Crippen LogP contribution in [-0.4, -0.2) is 32.8 Å². The van der Waals surface area contributed by atoms with E-state index >= 15 is 0 Å². The van der Waals surface area contributed by atoms with Crippen LogP contribution in [0.4, 0.5) is 5.69 Å². The summed E-state index contributed by atoms with van der Waals surface area (Å²) >= 11 is 0. The minimum atomic E-state index is -0.520. The molecule has 0 amide bonds. The van der Waals surface area contributed by atoms with Crippen LogP contribution in [0.2, 0.25) is 0 Å². The number of fused-ring (bicyclic) bond motifs is 3. The summed E-state index contributed by atoms with van der Waals surface area (Å²) in [6.45, 7) is 6.45. The molecule has 0 aliphatic carbocycles. The van der Waals surface area contributed by atoms with Crippen molar-refractivity contribution in [2.45, 2.75) is 32.7 Å². The van der Waals surface area contributed by atoms with Crippen LogP contribution < -0.4 is 5.32 Å². The molecule has 3 aromatic rings. The number of carbonyl (C=O) groups excluding carboxylic acids is 1. The molecule has 2 aromatic heterocycles. The lowest BCUT2D eigenvalue weighted by Crippen LogP contribution is -2.19.